The number of rotatable bonds is 3. The molecule has 2 aromatic carbocycles. The van der Waals surface area contributed by atoms with Gasteiger partial charge in [-0.2, -0.15) is 18.4 Å². The maximum atomic E-state index is 13.8. The highest BCUT2D eigenvalue weighted by molar-refractivity contribution is 7.91. The van der Waals surface area contributed by atoms with Gasteiger partial charge < -0.3 is 4.48 Å². The highest BCUT2D eigenvalue weighted by atomic mass is 32.2. The van der Waals surface area contributed by atoms with Crippen molar-refractivity contribution in [3.63, 3.8) is 0 Å². The standard InChI is InChI=1S/C20H21F3N5O2S/c1-28(2)10-9-13-12(11-28)5-4-6-14(13)15-7-8-16(20(21,22)23)18(31(3,29)30)17(15)19-24-26-27-25-19/h4-8H,9-11H2,1-3H3,(H,24,25,26,27)/q+1. The van der Waals surface area contributed by atoms with Crippen LogP contribution in [0.1, 0.15) is 16.7 Å². The molecule has 164 valence electrons. The summed E-state index contributed by atoms with van der Waals surface area (Å²) in [7, 11) is -0.0657. The number of aromatic nitrogens is 4. The summed E-state index contributed by atoms with van der Waals surface area (Å²) >= 11 is 0. The van der Waals surface area contributed by atoms with Crippen molar-refractivity contribution in [2.24, 2.45) is 0 Å². The normalized spacial score (nSPS) is 16.2. The lowest BCUT2D eigenvalue weighted by Crippen LogP contribution is -2.43. The molecule has 0 aliphatic carbocycles. The van der Waals surface area contributed by atoms with E-state index in [1.54, 1.807) is 6.07 Å². The number of sulfone groups is 1. The minimum atomic E-state index is -4.87. The second-order valence-corrected chi connectivity index (χ2v) is 10.3. The molecule has 0 spiro atoms. The lowest BCUT2D eigenvalue weighted by Gasteiger charge is -2.35. The molecule has 1 aliphatic heterocycles. The Kier molecular flexibility index (Phi) is 4.93. The highest BCUT2D eigenvalue weighted by Gasteiger charge is 2.40. The molecule has 4 rings (SSSR count). The second kappa shape index (κ2) is 7.13. The van der Waals surface area contributed by atoms with E-state index in [4.69, 9.17) is 0 Å². The van der Waals surface area contributed by atoms with Crippen LogP contribution in [-0.4, -0.2) is 60.4 Å². The summed E-state index contributed by atoms with van der Waals surface area (Å²) in [6, 6.07) is 7.73. The second-order valence-electron chi connectivity index (χ2n) is 8.38. The molecule has 0 saturated heterocycles. The molecule has 2 heterocycles. The van der Waals surface area contributed by atoms with E-state index in [0.29, 0.717) is 17.5 Å². The SMILES string of the molecule is C[N+]1(C)CCc2c(cccc2-c2ccc(C(F)(F)F)c(S(C)(=O)=O)c2-c2nn[nH]n2)C1. The first-order valence-electron chi connectivity index (χ1n) is 9.50. The van der Waals surface area contributed by atoms with E-state index in [-0.39, 0.29) is 11.4 Å². The maximum Gasteiger partial charge on any atom is 0.417 e. The van der Waals surface area contributed by atoms with Crippen molar-refractivity contribution >= 4 is 9.84 Å². The highest BCUT2D eigenvalue weighted by Crippen LogP contribution is 2.44. The summed E-state index contributed by atoms with van der Waals surface area (Å²) in [6.07, 6.45) is -3.40. The molecule has 0 atom stereocenters. The lowest BCUT2D eigenvalue weighted by molar-refractivity contribution is -0.905. The molecule has 11 heteroatoms. The third-order valence-electron chi connectivity index (χ3n) is 5.53. The molecule has 0 radical (unpaired) electrons. The van der Waals surface area contributed by atoms with Gasteiger partial charge in [0.1, 0.15) is 6.54 Å². The van der Waals surface area contributed by atoms with Gasteiger partial charge in [-0.3, -0.25) is 0 Å². The Labute approximate surface area is 177 Å². The molecular formula is C20H21F3N5O2S+. The number of quaternary nitrogens is 1. The summed E-state index contributed by atoms with van der Waals surface area (Å²) < 4.78 is 67.2. The van der Waals surface area contributed by atoms with Crippen molar-refractivity contribution in [1.29, 1.82) is 0 Å². The monoisotopic (exact) mass is 452 g/mol. The zero-order valence-corrected chi connectivity index (χ0v) is 18.0. The van der Waals surface area contributed by atoms with Gasteiger partial charge in [-0.1, -0.05) is 24.3 Å². The van der Waals surface area contributed by atoms with E-state index in [2.05, 4.69) is 34.7 Å². The van der Waals surface area contributed by atoms with Gasteiger partial charge in [0, 0.05) is 18.2 Å². The molecule has 3 aromatic rings. The van der Waals surface area contributed by atoms with Crippen molar-refractivity contribution in [3.05, 3.63) is 47.0 Å². The van der Waals surface area contributed by atoms with Crippen LogP contribution in [0.4, 0.5) is 13.2 Å². The molecule has 0 amide bonds. The summed E-state index contributed by atoms with van der Waals surface area (Å²) in [5.74, 6) is -0.203. The number of hydrogen-bond acceptors (Lipinski definition) is 5. The molecule has 0 saturated carbocycles. The van der Waals surface area contributed by atoms with Crippen LogP contribution in [0.3, 0.4) is 0 Å². The summed E-state index contributed by atoms with van der Waals surface area (Å²) in [4.78, 5) is -0.844. The molecule has 0 fully saturated rings. The maximum absolute atomic E-state index is 13.8. The van der Waals surface area contributed by atoms with Crippen molar-refractivity contribution in [3.8, 4) is 22.5 Å². The Balaban J connectivity index is 2.09. The number of fused-ring (bicyclic) bond motifs is 1. The molecule has 0 unspecified atom stereocenters. The van der Waals surface area contributed by atoms with Gasteiger partial charge in [0.2, 0.25) is 5.82 Å². The van der Waals surface area contributed by atoms with Crippen LogP contribution >= 0.6 is 0 Å². The van der Waals surface area contributed by atoms with Crippen molar-refractivity contribution < 1.29 is 26.1 Å². The topological polar surface area (TPSA) is 88.6 Å². The Hall–Kier alpha value is -2.79. The number of nitrogens with one attached hydrogen (secondary N) is 1. The van der Waals surface area contributed by atoms with E-state index < -0.39 is 26.5 Å². The van der Waals surface area contributed by atoms with Crippen molar-refractivity contribution in [2.75, 3.05) is 26.9 Å². The average molecular weight is 452 g/mol. The van der Waals surface area contributed by atoms with Crippen LogP contribution in [0, 0.1) is 0 Å². The van der Waals surface area contributed by atoms with Gasteiger partial charge in [-0.15, -0.1) is 10.2 Å². The Bertz CT molecular complexity index is 1250. The largest absolute Gasteiger partial charge is 0.417 e. The number of H-pyrrole nitrogens is 1. The fraction of sp³-hybridized carbons (Fsp3) is 0.350. The van der Waals surface area contributed by atoms with Gasteiger partial charge in [0.05, 0.1) is 36.7 Å². The van der Waals surface area contributed by atoms with Gasteiger partial charge in [0.25, 0.3) is 0 Å². The number of hydrogen-bond donors (Lipinski definition) is 1. The van der Waals surface area contributed by atoms with E-state index in [9.17, 15) is 21.6 Å². The lowest BCUT2D eigenvalue weighted by atomic mass is 9.87. The van der Waals surface area contributed by atoms with Gasteiger partial charge >= 0.3 is 6.18 Å². The third-order valence-corrected chi connectivity index (χ3v) is 6.70. The first kappa shape index (κ1) is 21.4. The van der Waals surface area contributed by atoms with E-state index in [1.165, 1.54) is 6.07 Å². The molecule has 1 aromatic heterocycles. The molecule has 1 aliphatic rings. The minimum absolute atomic E-state index is 0.196. The zero-order chi connectivity index (χ0) is 22.6. The van der Waals surface area contributed by atoms with Gasteiger partial charge in [-0.05, 0) is 28.0 Å². The van der Waals surface area contributed by atoms with Gasteiger partial charge in [-0.25, -0.2) is 8.42 Å². The van der Waals surface area contributed by atoms with Crippen LogP contribution in [0.5, 0.6) is 0 Å². The minimum Gasteiger partial charge on any atom is -0.324 e. The summed E-state index contributed by atoms with van der Waals surface area (Å²) in [6.45, 7) is 1.61. The number of nitrogens with zero attached hydrogens (tertiary/aromatic N) is 4. The number of aromatic amines is 1. The van der Waals surface area contributed by atoms with Crippen LogP contribution in [0.2, 0.25) is 0 Å². The van der Waals surface area contributed by atoms with Crippen LogP contribution < -0.4 is 0 Å². The smallest absolute Gasteiger partial charge is 0.324 e. The fourth-order valence-corrected chi connectivity index (χ4v) is 5.35. The number of halogens is 3. The van der Waals surface area contributed by atoms with Crippen LogP contribution in [-0.2, 0) is 29.0 Å². The van der Waals surface area contributed by atoms with Crippen molar-refractivity contribution in [2.45, 2.75) is 24.0 Å². The fourth-order valence-electron chi connectivity index (χ4n) is 4.19. The zero-order valence-electron chi connectivity index (χ0n) is 17.2. The van der Waals surface area contributed by atoms with E-state index in [0.717, 1.165) is 41.0 Å². The summed E-state index contributed by atoms with van der Waals surface area (Å²) in [5.41, 5.74) is 1.63. The average Bonchev–Trinajstić information content (AvgIpc) is 3.18. The Morgan fingerprint density at radius 2 is 1.84 bits per heavy atom. The number of benzene rings is 2. The quantitative estimate of drug-likeness (QED) is 0.617. The Morgan fingerprint density at radius 3 is 2.45 bits per heavy atom. The number of tetrazole rings is 1. The first-order valence-corrected chi connectivity index (χ1v) is 11.4. The predicted octanol–water partition coefficient (Wildman–Crippen LogP) is 3.09. The molecule has 7 nitrogen and oxygen atoms in total. The molecule has 0 bridgehead atoms. The molecule has 1 N–H and O–H groups in total. The van der Waals surface area contributed by atoms with Crippen LogP contribution in [0.25, 0.3) is 22.5 Å². The van der Waals surface area contributed by atoms with E-state index >= 15 is 0 Å². The molecular weight excluding hydrogens is 431 g/mol. The predicted molar refractivity (Wildman–Crippen MR) is 108 cm³/mol. The first-order chi connectivity index (χ1) is 14.4. The summed E-state index contributed by atoms with van der Waals surface area (Å²) in [5, 5.41) is 13.3. The van der Waals surface area contributed by atoms with Crippen molar-refractivity contribution in [1.82, 2.24) is 20.6 Å². The third kappa shape index (κ3) is 3.94. The van der Waals surface area contributed by atoms with E-state index in [1.807, 2.05) is 12.1 Å². The number of alkyl halides is 3. The number of likely N-dealkylation sites (N-methyl/N-ethyl adjacent to an activating group) is 1. The molecule has 31 heavy (non-hydrogen) atoms. The Morgan fingerprint density at radius 1 is 1.10 bits per heavy atom. The van der Waals surface area contributed by atoms with Crippen LogP contribution in [0.15, 0.2) is 35.2 Å². The van der Waals surface area contributed by atoms with Gasteiger partial charge in [0.15, 0.2) is 9.84 Å².